The summed E-state index contributed by atoms with van der Waals surface area (Å²) < 4.78 is 5.07. The quantitative estimate of drug-likeness (QED) is 0.666. The van der Waals surface area contributed by atoms with E-state index >= 15 is 0 Å². The number of imide groups is 2. The van der Waals surface area contributed by atoms with Gasteiger partial charge in [-0.15, -0.1) is 0 Å². The van der Waals surface area contributed by atoms with Gasteiger partial charge >= 0.3 is 6.03 Å². The summed E-state index contributed by atoms with van der Waals surface area (Å²) in [6.45, 7) is 3.94. The van der Waals surface area contributed by atoms with Crippen LogP contribution >= 0.6 is 0 Å². The number of ether oxygens (including phenoxy) is 1. The molecule has 0 spiro atoms. The molecule has 3 rings (SSSR count). The van der Waals surface area contributed by atoms with Crippen molar-refractivity contribution in [1.82, 2.24) is 5.32 Å². The molecule has 1 heterocycles. The lowest BCUT2D eigenvalue weighted by atomic mass is 10.1. The molecular formula is C20H19N3O4. The van der Waals surface area contributed by atoms with Gasteiger partial charge < -0.3 is 4.74 Å². The van der Waals surface area contributed by atoms with Crippen LogP contribution in [0.5, 0.6) is 5.75 Å². The number of nitrogens with one attached hydrogen (secondary N) is 1. The van der Waals surface area contributed by atoms with E-state index in [2.05, 4.69) is 10.3 Å². The molecule has 7 heteroatoms. The molecule has 4 amide bonds. The fraction of sp³-hybridized carbons (Fsp3) is 0.200. The predicted octanol–water partition coefficient (Wildman–Crippen LogP) is 2.91. The van der Waals surface area contributed by atoms with Crippen molar-refractivity contribution in [3.05, 3.63) is 53.6 Å². The summed E-state index contributed by atoms with van der Waals surface area (Å²) >= 11 is 0. The van der Waals surface area contributed by atoms with Crippen LogP contribution in [0.25, 0.3) is 0 Å². The first-order valence-electron chi connectivity index (χ1n) is 8.35. The Morgan fingerprint density at radius 2 is 1.74 bits per heavy atom. The minimum atomic E-state index is -1.19. The standard InChI is InChI=1S/C20H19N3O4/c1-12-4-5-14(10-13(12)2)21-11-17-18(24)22-20(26)23(19(17)25)15-6-8-16(27-3)9-7-15/h4-11,17H,1-3H3,(H,22,24,26)/t17-/m0/s1. The number of amides is 4. The molecule has 2 aromatic carbocycles. The molecule has 1 atom stereocenters. The Labute approximate surface area is 156 Å². The zero-order valence-electron chi connectivity index (χ0n) is 15.2. The molecule has 1 saturated heterocycles. The van der Waals surface area contributed by atoms with Gasteiger partial charge in [-0.1, -0.05) is 6.07 Å². The van der Waals surface area contributed by atoms with Crippen LogP contribution in [0.1, 0.15) is 11.1 Å². The second kappa shape index (κ2) is 7.41. The van der Waals surface area contributed by atoms with Gasteiger partial charge in [-0.05, 0) is 61.4 Å². The normalized spacial score (nSPS) is 17.4. The predicted molar refractivity (Wildman–Crippen MR) is 102 cm³/mol. The first-order valence-corrected chi connectivity index (χ1v) is 8.35. The minimum Gasteiger partial charge on any atom is -0.497 e. The van der Waals surface area contributed by atoms with E-state index in [1.54, 1.807) is 30.3 Å². The Kier molecular flexibility index (Phi) is 5.03. The number of carbonyl (C=O) groups excluding carboxylic acids is 3. The number of carbonyl (C=O) groups is 3. The first-order chi connectivity index (χ1) is 12.9. The van der Waals surface area contributed by atoms with E-state index in [0.717, 1.165) is 16.0 Å². The molecule has 2 aromatic rings. The molecular weight excluding hydrogens is 346 g/mol. The number of nitrogens with zero attached hydrogens (tertiary/aromatic N) is 2. The minimum absolute atomic E-state index is 0.343. The summed E-state index contributed by atoms with van der Waals surface area (Å²) in [6, 6.07) is 11.2. The molecule has 1 N–H and O–H groups in total. The number of rotatable bonds is 4. The van der Waals surface area contributed by atoms with E-state index in [-0.39, 0.29) is 0 Å². The van der Waals surface area contributed by atoms with Gasteiger partial charge in [0.25, 0.3) is 5.91 Å². The number of aryl methyl sites for hydroxylation is 2. The number of methoxy groups -OCH3 is 1. The maximum Gasteiger partial charge on any atom is 0.335 e. The summed E-state index contributed by atoms with van der Waals surface area (Å²) in [5.41, 5.74) is 3.15. The van der Waals surface area contributed by atoms with Gasteiger partial charge in [0.15, 0.2) is 5.92 Å². The fourth-order valence-electron chi connectivity index (χ4n) is 2.66. The number of hydrogen-bond acceptors (Lipinski definition) is 5. The third-order valence-electron chi connectivity index (χ3n) is 4.40. The van der Waals surface area contributed by atoms with Crippen molar-refractivity contribution in [2.24, 2.45) is 10.9 Å². The molecule has 0 saturated carbocycles. The molecule has 1 aliphatic rings. The molecule has 0 bridgehead atoms. The molecule has 1 aliphatic heterocycles. The third-order valence-corrected chi connectivity index (χ3v) is 4.40. The Hall–Kier alpha value is -3.48. The zero-order chi connectivity index (χ0) is 19.6. The monoisotopic (exact) mass is 365 g/mol. The molecule has 0 radical (unpaired) electrons. The van der Waals surface area contributed by atoms with Gasteiger partial charge in [-0.2, -0.15) is 0 Å². The highest BCUT2D eigenvalue weighted by molar-refractivity contribution is 6.32. The Bertz CT molecular complexity index is 935. The number of aliphatic imine (C=N–C) groups is 1. The topological polar surface area (TPSA) is 88.1 Å². The summed E-state index contributed by atoms with van der Waals surface area (Å²) in [6.07, 6.45) is 1.27. The molecule has 7 nitrogen and oxygen atoms in total. The molecule has 1 fully saturated rings. The highest BCUT2D eigenvalue weighted by Gasteiger charge is 2.40. The van der Waals surface area contributed by atoms with E-state index in [0.29, 0.717) is 17.1 Å². The summed E-state index contributed by atoms with van der Waals surface area (Å²) in [7, 11) is 1.52. The zero-order valence-corrected chi connectivity index (χ0v) is 15.2. The van der Waals surface area contributed by atoms with Gasteiger partial charge in [-0.25, -0.2) is 9.69 Å². The van der Waals surface area contributed by atoms with E-state index in [4.69, 9.17) is 4.74 Å². The van der Waals surface area contributed by atoms with Gasteiger partial charge in [0, 0.05) is 6.21 Å². The van der Waals surface area contributed by atoms with Crippen molar-refractivity contribution < 1.29 is 19.1 Å². The second-order valence-electron chi connectivity index (χ2n) is 6.19. The first kappa shape index (κ1) is 18.3. The maximum absolute atomic E-state index is 12.8. The van der Waals surface area contributed by atoms with E-state index in [9.17, 15) is 14.4 Å². The average molecular weight is 365 g/mol. The van der Waals surface area contributed by atoms with Gasteiger partial charge in [0.2, 0.25) is 5.91 Å². The van der Waals surface area contributed by atoms with Crippen molar-refractivity contribution >= 4 is 35.4 Å². The van der Waals surface area contributed by atoms with Crippen LogP contribution in [0.3, 0.4) is 0 Å². The van der Waals surface area contributed by atoms with Crippen molar-refractivity contribution in [1.29, 1.82) is 0 Å². The lowest BCUT2D eigenvalue weighted by molar-refractivity contribution is -0.131. The van der Waals surface area contributed by atoms with Crippen LogP contribution in [0.2, 0.25) is 0 Å². The van der Waals surface area contributed by atoms with E-state index < -0.39 is 23.8 Å². The summed E-state index contributed by atoms with van der Waals surface area (Å²) in [4.78, 5) is 42.3. The Morgan fingerprint density at radius 1 is 1.04 bits per heavy atom. The molecule has 138 valence electrons. The van der Waals surface area contributed by atoms with Gasteiger partial charge in [0.05, 0.1) is 18.5 Å². The number of benzene rings is 2. The van der Waals surface area contributed by atoms with E-state index in [1.165, 1.54) is 13.3 Å². The highest BCUT2D eigenvalue weighted by Crippen LogP contribution is 2.24. The van der Waals surface area contributed by atoms with E-state index in [1.807, 2.05) is 26.0 Å². The smallest absolute Gasteiger partial charge is 0.335 e. The van der Waals surface area contributed by atoms with Crippen LogP contribution in [-0.2, 0) is 9.59 Å². The van der Waals surface area contributed by atoms with Crippen LogP contribution in [0, 0.1) is 19.8 Å². The largest absolute Gasteiger partial charge is 0.497 e. The SMILES string of the molecule is COc1ccc(N2C(=O)NC(=O)[C@H](C=Nc3ccc(C)c(C)c3)C2=O)cc1. The molecule has 0 aliphatic carbocycles. The number of hydrogen-bond donors (Lipinski definition) is 1. The second-order valence-corrected chi connectivity index (χ2v) is 6.19. The number of barbiturate groups is 1. The van der Waals surface area contributed by atoms with Gasteiger partial charge in [0.1, 0.15) is 5.75 Å². The van der Waals surface area contributed by atoms with Crippen LogP contribution < -0.4 is 15.0 Å². The maximum atomic E-state index is 12.8. The average Bonchev–Trinajstić information content (AvgIpc) is 2.64. The van der Waals surface area contributed by atoms with Crippen LogP contribution in [0.4, 0.5) is 16.2 Å². The highest BCUT2D eigenvalue weighted by atomic mass is 16.5. The Balaban J connectivity index is 1.87. The lowest BCUT2D eigenvalue weighted by Gasteiger charge is -2.28. The van der Waals surface area contributed by atoms with Crippen LogP contribution in [-0.4, -0.2) is 31.2 Å². The number of anilines is 1. The fourth-order valence-corrected chi connectivity index (χ4v) is 2.66. The van der Waals surface area contributed by atoms with Gasteiger partial charge in [-0.3, -0.25) is 19.9 Å². The van der Waals surface area contributed by atoms with Crippen molar-refractivity contribution in [2.45, 2.75) is 13.8 Å². The van der Waals surface area contributed by atoms with Crippen molar-refractivity contribution in [3.8, 4) is 5.75 Å². The molecule has 0 unspecified atom stereocenters. The molecule has 27 heavy (non-hydrogen) atoms. The third kappa shape index (κ3) is 3.72. The summed E-state index contributed by atoms with van der Waals surface area (Å²) in [5, 5.41) is 2.20. The lowest BCUT2D eigenvalue weighted by Crippen LogP contribution is -2.58. The van der Waals surface area contributed by atoms with Crippen LogP contribution in [0.15, 0.2) is 47.5 Å². The summed E-state index contributed by atoms with van der Waals surface area (Å²) in [5.74, 6) is -1.94. The van der Waals surface area contributed by atoms with Crippen molar-refractivity contribution in [2.75, 3.05) is 12.0 Å². The molecule has 0 aromatic heterocycles. The Morgan fingerprint density at radius 3 is 2.37 bits per heavy atom. The van der Waals surface area contributed by atoms with Crippen molar-refractivity contribution in [3.63, 3.8) is 0 Å². The number of urea groups is 1.